The second-order valence-electron chi connectivity index (χ2n) is 4.84. The first-order valence-electron chi connectivity index (χ1n) is 7.42. The summed E-state index contributed by atoms with van der Waals surface area (Å²) in [6.45, 7) is 2.57. The molecule has 0 radical (unpaired) electrons. The Hall–Kier alpha value is -2.17. The SMILES string of the molecule is CCCCCCOC(=O)/C=C/c1cc(OC)c(O)c(OC)c1. The Balaban J connectivity index is 2.60. The van der Waals surface area contributed by atoms with Crippen LogP contribution in [0, 0.1) is 0 Å². The topological polar surface area (TPSA) is 65.0 Å². The van der Waals surface area contributed by atoms with Crippen molar-refractivity contribution >= 4 is 12.0 Å². The number of unbranched alkanes of at least 4 members (excludes halogenated alkanes) is 3. The van der Waals surface area contributed by atoms with Gasteiger partial charge in [0.15, 0.2) is 11.5 Å². The van der Waals surface area contributed by atoms with Gasteiger partial charge in [-0.3, -0.25) is 0 Å². The van der Waals surface area contributed by atoms with Gasteiger partial charge in [-0.05, 0) is 30.2 Å². The first-order valence-corrected chi connectivity index (χ1v) is 7.42. The molecule has 122 valence electrons. The standard InChI is InChI=1S/C17H24O5/c1-4-5-6-7-10-22-16(18)9-8-13-11-14(20-2)17(19)15(12-13)21-3/h8-9,11-12,19H,4-7,10H2,1-3H3/b9-8+. The molecule has 0 saturated carbocycles. The van der Waals surface area contributed by atoms with Gasteiger partial charge in [-0.2, -0.15) is 0 Å². The highest BCUT2D eigenvalue weighted by molar-refractivity contribution is 5.87. The fourth-order valence-corrected chi connectivity index (χ4v) is 1.92. The fourth-order valence-electron chi connectivity index (χ4n) is 1.92. The van der Waals surface area contributed by atoms with Gasteiger partial charge in [0.1, 0.15) is 0 Å². The number of hydrogen-bond acceptors (Lipinski definition) is 5. The third-order valence-electron chi connectivity index (χ3n) is 3.16. The minimum atomic E-state index is -0.387. The molecule has 1 rings (SSSR count). The summed E-state index contributed by atoms with van der Waals surface area (Å²) in [4.78, 5) is 11.6. The number of ether oxygens (including phenoxy) is 3. The third-order valence-corrected chi connectivity index (χ3v) is 3.16. The molecule has 0 saturated heterocycles. The minimum absolute atomic E-state index is 0.0688. The second kappa shape index (κ2) is 9.71. The van der Waals surface area contributed by atoms with Crippen LogP contribution in [0.3, 0.4) is 0 Å². The van der Waals surface area contributed by atoms with Crippen molar-refractivity contribution in [3.63, 3.8) is 0 Å². The first kappa shape index (κ1) is 17.9. The van der Waals surface area contributed by atoms with Crippen molar-refractivity contribution in [3.8, 4) is 17.2 Å². The number of phenols is 1. The van der Waals surface area contributed by atoms with E-state index in [0.29, 0.717) is 12.2 Å². The van der Waals surface area contributed by atoms with Gasteiger partial charge in [0.2, 0.25) is 5.75 Å². The maximum Gasteiger partial charge on any atom is 0.330 e. The van der Waals surface area contributed by atoms with Crippen LogP contribution in [0.5, 0.6) is 17.2 Å². The lowest BCUT2D eigenvalue weighted by Crippen LogP contribution is -2.02. The van der Waals surface area contributed by atoms with E-state index in [9.17, 15) is 9.90 Å². The zero-order chi connectivity index (χ0) is 16.4. The van der Waals surface area contributed by atoms with Crippen LogP contribution in [0.1, 0.15) is 38.2 Å². The quantitative estimate of drug-likeness (QED) is 0.429. The molecule has 0 fully saturated rings. The number of methoxy groups -OCH3 is 2. The highest BCUT2D eigenvalue weighted by Gasteiger charge is 2.10. The molecule has 0 aliphatic rings. The maximum atomic E-state index is 11.6. The van der Waals surface area contributed by atoms with Crippen LogP contribution in [-0.4, -0.2) is 31.9 Å². The van der Waals surface area contributed by atoms with Gasteiger partial charge < -0.3 is 19.3 Å². The van der Waals surface area contributed by atoms with Gasteiger partial charge in [-0.25, -0.2) is 4.79 Å². The molecule has 1 aromatic carbocycles. The van der Waals surface area contributed by atoms with Crippen molar-refractivity contribution in [2.24, 2.45) is 0 Å². The molecule has 0 atom stereocenters. The van der Waals surface area contributed by atoms with Crippen molar-refractivity contribution in [1.29, 1.82) is 0 Å². The Kier molecular flexibility index (Phi) is 7.89. The Morgan fingerprint density at radius 1 is 1.14 bits per heavy atom. The molecule has 1 N–H and O–H groups in total. The van der Waals surface area contributed by atoms with Crippen molar-refractivity contribution in [2.45, 2.75) is 32.6 Å². The van der Waals surface area contributed by atoms with Crippen LogP contribution < -0.4 is 9.47 Å². The highest BCUT2D eigenvalue weighted by atomic mass is 16.5. The normalized spacial score (nSPS) is 10.7. The zero-order valence-corrected chi connectivity index (χ0v) is 13.4. The summed E-state index contributed by atoms with van der Waals surface area (Å²) in [5.41, 5.74) is 0.675. The Morgan fingerprint density at radius 2 is 1.77 bits per heavy atom. The Morgan fingerprint density at radius 3 is 2.32 bits per heavy atom. The smallest absolute Gasteiger partial charge is 0.330 e. The van der Waals surface area contributed by atoms with E-state index in [2.05, 4.69) is 6.92 Å². The molecule has 0 bridgehead atoms. The molecule has 5 nitrogen and oxygen atoms in total. The molecule has 0 unspecified atom stereocenters. The van der Waals surface area contributed by atoms with E-state index in [1.807, 2.05) is 0 Å². The van der Waals surface area contributed by atoms with Gasteiger partial charge in [0, 0.05) is 6.08 Å². The number of hydrogen-bond donors (Lipinski definition) is 1. The largest absolute Gasteiger partial charge is 0.502 e. The lowest BCUT2D eigenvalue weighted by Gasteiger charge is -2.09. The van der Waals surface area contributed by atoms with E-state index in [4.69, 9.17) is 14.2 Å². The van der Waals surface area contributed by atoms with Gasteiger partial charge in [0.05, 0.1) is 20.8 Å². The van der Waals surface area contributed by atoms with Crippen LogP contribution >= 0.6 is 0 Å². The summed E-state index contributed by atoms with van der Waals surface area (Å²) in [5, 5.41) is 9.81. The van der Waals surface area contributed by atoms with E-state index in [-0.39, 0.29) is 23.2 Å². The average molecular weight is 308 g/mol. The van der Waals surface area contributed by atoms with E-state index in [1.54, 1.807) is 18.2 Å². The first-order chi connectivity index (χ1) is 10.6. The molecule has 1 aromatic rings. The molecule has 0 aliphatic carbocycles. The molecule has 22 heavy (non-hydrogen) atoms. The van der Waals surface area contributed by atoms with E-state index >= 15 is 0 Å². The molecule has 0 heterocycles. The Bertz CT molecular complexity index is 483. The van der Waals surface area contributed by atoms with Crippen LogP contribution in [0.15, 0.2) is 18.2 Å². The number of benzene rings is 1. The van der Waals surface area contributed by atoms with Gasteiger partial charge in [-0.15, -0.1) is 0 Å². The lowest BCUT2D eigenvalue weighted by atomic mass is 10.1. The third kappa shape index (κ3) is 5.68. The predicted octanol–water partition coefficient (Wildman–Crippen LogP) is 3.55. The fraction of sp³-hybridized carbons (Fsp3) is 0.471. The second-order valence-corrected chi connectivity index (χ2v) is 4.84. The van der Waals surface area contributed by atoms with Crippen molar-refractivity contribution in [1.82, 2.24) is 0 Å². The van der Waals surface area contributed by atoms with Crippen LogP contribution in [0.25, 0.3) is 6.08 Å². The van der Waals surface area contributed by atoms with Crippen LogP contribution in [0.2, 0.25) is 0 Å². The number of esters is 1. The molecule has 0 spiro atoms. The molecule has 5 heteroatoms. The van der Waals surface area contributed by atoms with Crippen molar-refractivity contribution in [3.05, 3.63) is 23.8 Å². The average Bonchev–Trinajstić information content (AvgIpc) is 2.53. The predicted molar refractivity (Wildman–Crippen MR) is 85.3 cm³/mol. The summed E-state index contributed by atoms with van der Waals surface area (Å²) < 4.78 is 15.2. The highest BCUT2D eigenvalue weighted by Crippen LogP contribution is 2.37. The number of aromatic hydroxyl groups is 1. The monoisotopic (exact) mass is 308 g/mol. The summed E-state index contributed by atoms with van der Waals surface area (Å²) in [6.07, 6.45) is 7.21. The molecule has 0 amide bonds. The maximum absolute atomic E-state index is 11.6. The molecule has 0 aliphatic heterocycles. The lowest BCUT2D eigenvalue weighted by molar-refractivity contribution is -0.137. The van der Waals surface area contributed by atoms with Gasteiger partial charge >= 0.3 is 5.97 Å². The number of carbonyl (C=O) groups excluding carboxylic acids is 1. The summed E-state index contributed by atoms with van der Waals surface area (Å²) in [7, 11) is 2.90. The summed E-state index contributed by atoms with van der Waals surface area (Å²) in [5.74, 6) is 0.113. The van der Waals surface area contributed by atoms with Gasteiger partial charge in [-0.1, -0.05) is 26.2 Å². The van der Waals surface area contributed by atoms with Crippen molar-refractivity contribution in [2.75, 3.05) is 20.8 Å². The van der Waals surface area contributed by atoms with Crippen LogP contribution in [0.4, 0.5) is 0 Å². The molecular weight excluding hydrogens is 284 g/mol. The minimum Gasteiger partial charge on any atom is -0.502 e. The number of rotatable bonds is 9. The van der Waals surface area contributed by atoms with Crippen molar-refractivity contribution < 1.29 is 24.1 Å². The molecular formula is C17H24O5. The number of carbonyl (C=O) groups is 1. The van der Waals surface area contributed by atoms with E-state index < -0.39 is 0 Å². The van der Waals surface area contributed by atoms with E-state index in [1.165, 1.54) is 20.3 Å². The van der Waals surface area contributed by atoms with Gasteiger partial charge in [0.25, 0.3) is 0 Å². The number of phenolic OH excluding ortho intramolecular Hbond substituents is 1. The Labute approximate surface area is 131 Å². The summed E-state index contributed by atoms with van der Waals surface area (Å²) >= 11 is 0. The summed E-state index contributed by atoms with van der Waals surface area (Å²) in [6, 6.07) is 3.23. The molecule has 0 aromatic heterocycles. The zero-order valence-electron chi connectivity index (χ0n) is 13.4. The van der Waals surface area contributed by atoms with Crippen LogP contribution in [-0.2, 0) is 9.53 Å². The van der Waals surface area contributed by atoms with E-state index in [0.717, 1.165) is 25.7 Å².